The molecule has 0 saturated heterocycles. The van der Waals surface area contributed by atoms with Crippen molar-refractivity contribution in [3.63, 3.8) is 0 Å². The lowest BCUT2D eigenvalue weighted by Crippen LogP contribution is -2.10. The quantitative estimate of drug-likeness (QED) is 0.826. The first-order valence-electron chi connectivity index (χ1n) is 5.74. The standard InChI is InChI=1S/C14H11N3O3/c18-12(17-14-15-8-1-9-16-14)7-4-10-2-5-11(6-3-10)13(19)20/h1-9H,(H,19,20)(H,15,16,17,18). The Morgan fingerprint density at radius 1 is 1.10 bits per heavy atom. The molecule has 1 aromatic heterocycles. The largest absolute Gasteiger partial charge is 0.478 e. The zero-order chi connectivity index (χ0) is 14.4. The van der Waals surface area contributed by atoms with E-state index >= 15 is 0 Å². The van der Waals surface area contributed by atoms with E-state index in [0.717, 1.165) is 5.56 Å². The van der Waals surface area contributed by atoms with Crippen molar-refractivity contribution in [2.24, 2.45) is 0 Å². The van der Waals surface area contributed by atoms with Gasteiger partial charge in [-0.25, -0.2) is 14.8 Å². The van der Waals surface area contributed by atoms with E-state index in [9.17, 15) is 9.59 Å². The highest BCUT2D eigenvalue weighted by atomic mass is 16.4. The number of benzene rings is 1. The fourth-order valence-electron chi connectivity index (χ4n) is 1.42. The molecule has 20 heavy (non-hydrogen) atoms. The SMILES string of the molecule is O=C(C=Cc1ccc(C(=O)O)cc1)Nc1ncccn1. The van der Waals surface area contributed by atoms with E-state index in [0.29, 0.717) is 0 Å². The number of rotatable bonds is 4. The van der Waals surface area contributed by atoms with E-state index in [-0.39, 0.29) is 17.4 Å². The second kappa shape index (κ2) is 6.24. The summed E-state index contributed by atoms with van der Waals surface area (Å²) in [6.07, 6.45) is 5.95. The molecule has 2 rings (SSSR count). The van der Waals surface area contributed by atoms with Crippen LogP contribution in [0.5, 0.6) is 0 Å². The summed E-state index contributed by atoms with van der Waals surface area (Å²) in [5, 5.41) is 11.3. The normalized spacial score (nSPS) is 10.4. The Bertz CT molecular complexity index is 636. The fourth-order valence-corrected chi connectivity index (χ4v) is 1.42. The average Bonchev–Trinajstić information content (AvgIpc) is 2.46. The van der Waals surface area contributed by atoms with Crippen LogP contribution in [0.2, 0.25) is 0 Å². The lowest BCUT2D eigenvalue weighted by Gasteiger charge is -1.98. The number of anilines is 1. The van der Waals surface area contributed by atoms with E-state index < -0.39 is 5.97 Å². The molecular weight excluding hydrogens is 258 g/mol. The van der Waals surface area contributed by atoms with E-state index in [4.69, 9.17) is 5.11 Å². The highest BCUT2D eigenvalue weighted by molar-refractivity contribution is 6.00. The van der Waals surface area contributed by atoms with Crippen molar-refractivity contribution in [3.8, 4) is 0 Å². The molecule has 2 N–H and O–H groups in total. The summed E-state index contributed by atoms with van der Waals surface area (Å²) in [7, 11) is 0. The first-order chi connectivity index (χ1) is 9.65. The second-order valence-corrected chi connectivity index (χ2v) is 3.82. The summed E-state index contributed by atoms with van der Waals surface area (Å²) in [6, 6.07) is 7.83. The molecule has 6 nitrogen and oxygen atoms in total. The second-order valence-electron chi connectivity index (χ2n) is 3.82. The van der Waals surface area contributed by atoms with Crippen LogP contribution in [0.4, 0.5) is 5.95 Å². The molecule has 0 radical (unpaired) electrons. The number of carbonyl (C=O) groups is 2. The summed E-state index contributed by atoms with van der Waals surface area (Å²) >= 11 is 0. The number of carboxylic acid groups (broad SMARTS) is 1. The molecule has 1 aromatic carbocycles. The molecule has 0 atom stereocenters. The number of hydrogen-bond acceptors (Lipinski definition) is 4. The number of amides is 1. The van der Waals surface area contributed by atoms with Gasteiger partial charge >= 0.3 is 5.97 Å². The number of carbonyl (C=O) groups excluding carboxylic acids is 1. The van der Waals surface area contributed by atoms with Crippen LogP contribution in [0.15, 0.2) is 48.8 Å². The van der Waals surface area contributed by atoms with Gasteiger partial charge < -0.3 is 5.11 Å². The molecule has 0 spiro atoms. The van der Waals surface area contributed by atoms with E-state index in [1.54, 1.807) is 24.3 Å². The van der Waals surface area contributed by atoms with Gasteiger partial charge in [0.05, 0.1) is 5.56 Å². The monoisotopic (exact) mass is 269 g/mol. The van der Waals surface area contributed by atoms with Crippen molar-refractivity contribution >= 4 is 23.9 Å². The molecule has 0 fully saturated rings. The van der Waals surface area contributed by atoms with Crippen LogP contribution in [-0.2, 0) is 4.79 Å². The maximum atomic E-state index is 11.6. The number of nitrogens with one attached hydrogen (secondary N) is 1. The molecule has 0 aliphatic heterocycles. The van der Waals surface area contributed by atoms with Crippen LogP contribution in [-0.4, -0.2) is 27.0 Å². The molecule has 0 unspecified atom stereocenters. The maximum Gasteiger partial charge on any atom is 0.335 e. The Morgan fingerprint density at radius 3 is 2.35 bits per heavy atom. The molecule has 0 saturated carbocycles. The van der Waals surface area contributed by atoms with Gasteiger partial charge in [-0.2, -0.15) is 0 Å². The highest BCUT2D eigenvalue weighted by Gasteiger charge is 2.01. The predicted octanol–water partition coefficient (Wildman–Crippen LogP) is 1.83. The number of hydrogen-bond donors (Lipinski definition) is 2. The van der Waals surface area contributed by atoms with E-state index in [1.807, 2.05) is 0 Å². The minimum absolute atomic E-state index is 0.198. The third-order valence-corrected chi connectivity index (χ3v) is 2.39. The van der Waals surface area contributed by atoms with Crippen LogP contribution < -0.4 is 5.32 Å². The van der Waals surface area contributed by atoms with Gasteiger partial charge in [0.1, 0.15) is 0 Å². The number of nitrogens with zero attached hydrogens (tertiary/aromatic N) is 2. The minimum Gasteiger partial charge on any atom is -0.478 e. The van der Waals surface area contributed by atoms with Crippen molar-refractivity contribution in [2.45, 2.75) is 0 Å². The van der Waals surface area contributed by atoms with Crippen LogP contribution >= 0.6 is 0 Å². The molecule has 1 amide bonds. The topological polar surface area (TPSA) is 92.2 Å². The first kappa shape index (κ1) is 13.4. The third kappa shape index (κ3) is 3.74. The minimum atomic E-state index is -0.987. The zero-order valence-electron chi connectivity index (χ0n) is 10.4. The molecule has 6 heteroatoms. The van der Waals surface area contributed by atoms with E-state index in [2.05, 4.69) is 15.3 Å². The number of aromatic nitrogens is 2. The van der Waals surface area contributed by atoms with Gasteiger partial charge in [0.2, 0.25) is 5.95 Å². The number of aromatic carboxylic acids is 1. The summed E-state index contributed by atoms with van der Waals surface area (Å²) in [5.74, 6) is -1.12. The Kier molecular flexibility index (Phi) is 4.18. The Labute approximate surface area is 114 Å². The number of carboxylic acids is 1. The van der Waals surface area contributed by atoms with Crippen molar-refractivity contribution in [3.05, 3.63) is 59.9 Å². The molecule has 2 aromatic rings. The van der Waals surface area contributed by atoms with Crippen LogP contribution in [0, 0.1) is 0 Å². The van der Waals surface area contributed by atoms with Crippen molar-refractivity contribution in [1.82, 2.24) is 9.97 Å². The molecule has 0 aliphatic carbocycles. The van der Waals surface area contributed by atoms with Gasteiger partial charge in [-0.1, -0.05) is 12.1 Å². The Hall–Kier alpha value is -3.02. The molecule has 0 bridgehead atoms. The Balaban J connectivity index is 1.98. The molecule has 0 aliphatic rings. The summed E-state index contributed by atoms with van der Waals surface area (Å²) < 4.78 is 0. The van der Waals surface area contributed by atoms with Gasteiger partial charge in [0.15, 0.2) is 0 Å². The maximum absolute atomic E-state index is 11.6. The highest BCUT2D eigenvalue weighted by Crippen LogP contribution is 2.06. The molecular formula is C14H11N3O3. The van der Waals surface area contributed by atoms with Gasteiger partial charge in [0, 0.05) is 18.5 Å². The first-order valence-corrected chi connectivity index (χ1v) is 5.74. The molecule has 1 heterocycles. The van der Waals surface area contributed by atoms with Crippen molar-refractivity contribution < 1.29 is 14.7 Å². The van der Waals surface area contributed by atoms with Crippen LogP contribution in [0.1, 0.15) is 15.9 Å². The van der Waals surface area contributed by atoms with Gasteiger partial charge in [-0.15, -0.1) is 0 Å². The van der Waals surface area contributed by atoms with Gasteiger partial charge in [0.25, 0.3) is 5.91 Å². The smallest absolute Gasteiger partial charge is 0.335 e. The average molecular weight is 269 g/mol. The van der Waals surface area contributed by atoms with Gasteiger partial charge in [-0.3, -0.25) is 10.1 Å². The van der Waals surface area contributed by atoms with Gasteiger partial charge in [-0.05, 0) is 29.8 Å². The van der Waals surface area contributed by atoms with Crippen LogP contribution in [0.3, 0.4) is 0 Å². The van der Waals surface area contributed by atoms with E-state index in [1.165, 1.54) is 30.6 Å². The van der Waals surface area contributed by atoms with Crippen LogP contribution in [0.25, 0.3) is 6.08 Å². The third-order valence-electron chi connectivity index (χ3n) is 2.39. The molecule has 100 valence electrons. The zero-order valence-corrected chi connectivity index (χ0v) is 10.4. The van der Waals surface area contributed by atoms with Crippen molar-refractivity contribution in [1.29, 1.82) is 0 Å². The predicted molar refractivity (Wildman–Crippen MR) is 73.1 cm³/mol. The summed E-state index contributed by atoms with van der Waals surface area (Å²) in [6.45, 7) is 0. The summed E-state index contributed by atoms with van der Waals surface area (Å²) in [4.78, 5) is 30.0. The van der Waals surface area contributed by atoms with Crippen molar-refractivity contribution in [2.75, 3.05) is 5.32 Å². The Morgan fingerprint density at radius 2 is 1.75 bits per heavy atom. The lowest BCUT2D eigenvalue weighted by molar-refractivity contribution is -0.111. The lowest BCUT2D eigenvalue weighted by atomic mass is 10.1. The summed E-state index contributed by atoms with van der Waals surface area (Å²) in [5.41, 5.74) is 0.920. The fraction of sp³-hybridized carbons (Fsp3) is 0.